The lowest BCUT2D eigenvalue weighted by Gasteiger charge is -2.73. The number of aliphatic hydroxyl groups is 1. The van der Waals surface area contributed by atoms with E-state index in [2.05, 4.69) is 99.0 Å². The predicted octanol–water partition coefficient (Wildman–Crippen LogP) is 8.12. The zero-order valence-corrected chi connectivity index (χ0v) is 25.7. The summed E-state index contributed by atoms with van der Waals surface area (Å²) in [5, 5.41) is 13.1. The van der Waals surface area contributed by atoms with Gasteiger partial charge in [0.05, 0.1) is 11.6 Å². The average molecular weight is 584 g/mol. The smallest absolute Gasteiger partial charge is 0.153 e. The molecule has 2 spiro atoms. The lowest BCUT2D eigenvalue weighted by molar-refractivity contribution is -0.273. The van der Waals surface area contributed by atoms with Gasteiger partial charge in [0, 0.05) is 34.3 Å². The van der Waals surface area contributed by atoms with Crippen molar-refractivity contribution in [2.45, 2.75) is 104 Å². The van der Waals surface area contributed by atoms with Crippen molar-refractivity contribution in [2.24, 2.45) is 46.3 Å². The molecule has 1 aromatic rings. The normalized spacial score (nSPS) is 45.2. The monoisotopic (exact) mass is 582 g/mol. The van der Waals surface area contributed by atoms with E-state index in [1.165, 1.54) is 25.7 Å². The van der Waals surface area contributed by atoms with E-state index >= 15 is 0 Å². The van der Waals surface area contributed by atoms with Crippen LogP contribution < -0.4 is 5.06 Å². The van der Waals surface area contributed by atoms with Gasteiger partial charge >= 0.3 is 0 Å². The summed E-state index contributed by atoms with van der Waals surface area (Å²) >= 11 is 3.56. The molecule has 38 heavy (non-hydrogen) atoms. The van der Waals surface area contributed by atoms with Crippen molar-refractivity contribution in [3.63, 3.8) is 0 Å². The van der Waals surface area contributed by atoms with Crippen LogP contribution in [0.3, 0.4) is 0 Å². The van der Waals surface area contributed by atoms with E-state index in [9.17, 15) is 5.11 Å². The molecular formula is C33H47BrN2O2. The van der Waals surface area contributed by atoms with E-state index in [1.54, 1.807) is 0 Å². The van der Waals surface area contributed by atoms with E-state index in [0.29, 0.717) is 41.9 Å². The molecular weight excluding hydrogens is 536 g/mol. The summed E-state index contributed by atoms with van der Waals surface area (Å²) in [5.41, 5.74) is -0.408. The zero-order chi connectivity index (χ0) is 27.1. The molecule has 1 aromatic heterocycles. The molecule has 1 N–H and O–H groups in total. The summed E-state index contributed by atoms with van der Waals surface area (Å²) in [7, 11) is 0. The Labute approximate surface area is 238 Å². The molecule has 4 nitrogen and oxygen atoms in total. The molecule has 1 unspecified atom stereocenters. The standard InChI is InChI=1S/C33H47BrN2O2/c1-21(2)22(3)7-8-23(4)26-10-11-27-30(26,5)15-14-28-31(6)16-13-25(37)19-32(31)17-18-33(27,28)38-36(32)29-12-9-24(34)20-35-29/h7-9,12,17-18,20-23,25-28,37H,10-11,13-16,19H2,1-6H3/b8-7+/t22-,23+,25-,26+,27+,28?,30+,31+,32+,33-/m0/s1. The average Bonchev–Trinajstić information content (AvgIpc) is 3.25. The molecule has 2 bridgehead atoms. The number of fused-ring (bicyclic) bond motifs is 2. The molecule has 5 heteroatoms. The minimum atomic E-state index is -0.368. The topological polar surface area (TPSA) is 45.6 Å². The van der Waals surface area contributed by atoms with Gasteiger partial charge in [0.2, 0.25) is 0 Å². The first-order valence-corrected chi connectivity index (χ1v) is 15.9. The molecule has 7 rings (SSSR count). The molecule has 2 aliphatic heterocycles. The van der Waals surface area contributed by atoms with Gasteiger partial charge in [0.15, 0.2) is 5.82 Å². The number of halogens is 1. The van der Waals surface area contributed by atoms with Crippen LogP contribution >= 0.6 is 15.9 Å². The highest BCUT2D eigenvalue weighted by molar-refractivity contribution is 9.10. The molecule has 4 fully saturated rings. The number of aliphatic hydroxyl groups excluding tert-OH is 1. The molecule has 3 saturated carbocycles. The summed E-state index contributed by atoms with van der Waals surface area (Å²) in [4.78, 5) is 12.2. The first-order valence-electron chi connectivity index (χ1n) is 15.1. The lowest BCUT2D eigenvalue weighted by atomic mass is 9.41. The number of anilines is 1. The van der Waals surface area contributed by atoms with Gasteiger partial charge in [-0.25, -0.2) is 10.0 Å². The molecule has 208 valence electrons. The van der Waals surface area contributed by atoms with E-state index in [0.717, 1.165) is 23.1 Å². The van der Waals surface area contributed by atoms with Crippen LogP contribution in [-0.2, 0) is 4.84 Å². The lowest BCUT2D eigenvalue weighted by Crippen LogP contribution is -2.79. The number of hydrogen-bond donors (Lipinski definition) is 1. The number of hydrogen-bond acceptors (Lipinski definition) is 4. The highest BCUT2D eigenvalue weighted by Gasteiger charge is 2.75. The Morgan fingerprint density at radius 2 is 1.82 bits per heavy atom. The second-order valence-corrected chi connectivity index (χ2v) is 15.2. The maximum Gasteiger partial charge on any atom is 0.153 e. The molecule has 0 amide bonds. The third-order valence-electron chi connectivity index (χ3n) is 12.3. The number of aromatic nitrogens is 1. The SMILES string of the molecule is CC(C)[C@@H](C)/C=C/[C@@H](C)[C@H]1CC[C@@H]2[C@]1(C)CCC1[C@]23C=C[C@]2(C[C@@H](O)CC[C@]12C)N(c1ccc(Br)cn1)O3. The predicted molar refractivity (Wildman–Crippen MR) is 157 cm³/mol. The van der Waals surface area contributed by atoms with Gasteiger partial charge in [0.25, 0.3) is 0 Å². The van der Waals surface area contributed by atoms with Crippen LogP contribution in [0.1, 0.15) is 86.5 Å². The van der Waals surface area contributed by atoms with E-state index in [-0.39, 0.29) is 28.1 Å². The Bertz CT molecular complexity index is 1120. The van der Waals surface area contributed by atoms with E-state index < -0.39 is 0 Å². The molecule has 1 saturated heterocycles. The van der Waals surface area contributed by atoms with Crippen molar-refractivity contribution in [2.75, 3.05) is 5.06 Å². The fourth-order valence-electron chi connectivity index (χ4n) is 9.81. The quantitative estimate of drug-likeness (QED) is 0.356. The maximum atomic E-state index is 10.9. The van der Waals surface area contributed by atoms with Gasteiger partial charge in [-0.15, -0.1) is 0 Å². The van der Waals surface area contributed by atoms with Crippen LogP contribution in [0.5, 0.6) is 0 Å². The fourth-order valence-corrected chi connectivity index (χ4v) is 10.0. The highest BCUT2D eigenvalue weighted by Crippen LogP contribution is 2.73. The molecule has 0 aromatic carbocycles. The number of allylic oxidation sites excluding steroid dienone is 2. The Kier molecular flexibility index (Phi) is 6.52. The van der Waals surface area contributed by atoms with Gasteiger partial charge < -0.3 is 5.11 Å². The minimum Gasteiger partial charge on any atom is -0.393 e. The minimum absolute atomic E-state index is 0.0333. The van der Waals surface area contributed by atoms with E-state index in [1.807, 2.05) is 6.20 Å². The van der Waals surface area contributed by atoms with Crippen LogP contribution in [0.4, 0.5) is 5.82 Å². The molecule has 4 aliphatic carbocycles. The molecule has 3 heterocycles. The van der Waals surface area contributed by atoms with Crippen LogP contribution in [-0.4, -0.2) is 27.3 Å². The Morgan fingerprint density at radius 3 is 2.53 bits per heavy atom. The zero-order valence-electron chi connectivity index (χ0n) is 24.2. The maximum absolute atomic E-state index is 10.9. The number of hydroxylamine groups is 1. The van der Waals surface area contributed by atoms with Crippen molar-refractivity contribution in [3.8, 4) is 0 Å². The molecule has 0 radical (unpaired) electrons. The summed E-state index contributed by atoms with van der Waals surface area (Å²) in [6.07, 6.45) is 19.0. The van der Waals surface area contributed by atoms with Crippen molar-refractivity contribution in [3.05, 3.63) is 47.1 Å². The van der Waals surface area contributed by atoms with Crippen LogP contribution in [0.25, 0.3) is 0 Å². The number of pyridine rings is 1. The second kappa shape index (κ2) is 9.17. The molecule has 6 aliphatic rings. The summed E-state index contributed by atoms with van der Waals surface area (Å²) in [6, 6.07) is 4.13. The van der Waals surface area contributed by atoms with Crippen molar-refractivity contribution < 1.29 is 9.94 Å². The fraction of sp³-hybridized carbons (Fsp3) is 0.727. The van der Waals surface area contributed by atoms with E-state index in [4.69, 9.17) is 9.82 Å². The van der Waals surface area contributed by atoms with Crippen molar-refractivity contribution in [1.29, 1.82) is 0 Å². The van der Waals surface area contributed by atoms with Crippen LogP contribution in [0, 0.1) is 46.3 Å². The Hall–Kier alpha value is -1.17. The summed E-state index contributed by atoms with van der Waals surface area (Å²) < 4.78 is 0.969. The number of rotatable bonds is 5. The summed E-state index contributed by atoms with van der Waals surface area (Å²) in [5.74, 6) is 4.33. The first-order chi connectivity index (χ1) is 18.0. The molecule has 10 atom stereocenters. The first kappa shape index (κ1) is 27.0. The van der Waals surface area contributed by atoms with Crippen molar-refractivity contribution >= 4 is 21.7 Å². The van der Waals surface area contributed by atoms with Gasteiger partial charge in [-0.05, 0) is 95.7 Å². The van der Waals surface area contributed by atoms with Gasteiger partial charge in [-0.1, -0.05) is 65.8 Å². The number of nitrogens with zero attached hydrogens (tertiary/aromatic N) is 2. The van der Waals surface area contributed by atoms with Crippen LogP contribution in [0.2, 0.25) is 0 Å². The van der Waals surface area contributed by atoms with Gasteiger partial charge in [0.1, 0.15) is 5.60 Å². The Morgan fingerprint density at radius 1 is 1.03 bits per heavy atom. The van der Waals surface area contributed by atoms with Gasteiger partial charge in [-0.2, -0.15) is 0 Å². The largest absolute Gasteiger partial charge is 0.393 e. The second-order valence-electron chi connectivity index (χ2n) is 14.3. The van der Waals surface area contributed by atoms with Gasteiger partial charge in [-0.3, -0.25) is 4.84 Å². The Balaban J connectivity index is 1.41. The highest BCUT2D eigenvalue weighted by atomic mass is 79.9. The third-order valence-corrected chi connectivity index (χ3v) is 12.8. The van der Waals surface area contributed by atoms with Crippen molar-refractivity contribution in [1.82, 2.24) is 4.98 Å². The third kappa shape index (κ3) is 3.63. The van der Waals surface area contributed by atoms with Crippen LogP contribution in [0.15, 0.2) is 47.1 Å². The summed E-state index contributed by atoms with van der Waals surface area (Å²) in [6.45, 7) is 14.5.